The molecule has 5 nitrogen and oxygen atoms in total. The van der Waals surface area contributed by atoms with Crippen molar-refractivity contribution in [3.05, 3.63) is 41.5 Å². The van der Waals surface area contributed by atoms with Crippen molar-refractivity contribution in [2.75, 3.05) is 0 Å². The molecule has 1 aromatic rings. The molecule has 0 saturated heterocycles. The van der Waals surface area contributed by atoms with Crippen molar-refractivity contribution >= 4 is 16.0 Å². The number of sulfonamides is 1. The van der Waals surface area contributed by atoms with Gasteiger partial charge in [0.2, 0.25) is 10.0 Å². The SMILES string of the molecule is Cc1ccc(C(=O)O)cc1S(=O)(=O)NC1CC=CCC1. The fourth-order valence-corrected chi connectivity index (χ4v) is 3.76. The highest BCUT2D eigenvalue weighted by molar-refractivity contribution is 7.89. The molecule has 0 amide bonds. The van der Waals surface area contributed by atoms with Crippen LogP contribution in [0.5, 0.6) is 0 Å². The third kappa shape index (κ3) is 3.26. The molecular formula is C14H17NO4S. The summed E-state index contributed by atoms with van der Waals surface area (Å²) in [6, 6.07) is 4.00. The monoisotopic (exact) mass is 295 g/mol. The van der Waals surface area contributed by atoms with Gasteiger partial charge >= 0.3 is 5.97 Å². The zero-order valence-corrected chi connectivity index (χ0v) is 12.0. The number of aromatic carboxylic acids is 1. The largest absolute Gasteiger partial charge is 0.478 e. The molecule has 1 atom stereocenters. The normalized spacial score (nSPS) is 18.9. The van der Waals surface area contributed by atoms with Crippen molar-refractivity contribution in [1.82, 2.24) is 4.72 Å². The minimum Gasteiger partial charge on any atom is -0.478 e. The maximum Gasteiger partial charge on any atom is 0.335 e. The molecule has 0 heterocycles. The summed E-state index contributed by atoms with van der Waals surface area (Å²) in [6.07, 6.45) is 6.25. The number of nitrogens with one attached hydrogen (secondary N) is 1. The van der Waals surface area contributed by atoms with E-state index in [-0.39, 0.29) is 16.5 Å². The standard InChI is InChI=1S/C14H17NO4S/c1-10-7-8-11(14(16)17)9-13(10)20(18,19)15-12-5-3-2-4-6-12/h2-3,7-9,12,15H,4-6H2,1H3,(H,16,17). The molecule has 1 aromatic carbocycles. The van der Waals surface area contributed by atoms with Crippen LogP contribution in [0.1, 0.15) is 35.2 Å². The van der Waals surface area contributed by atoms with E-state index < -0.39 is 16.0 Å². The highest BCUT2D eigenvalue weighted by Gasteiger charge is 2.23. The van der Waals surface area contributed by atoms with E-state index in [1.807, 2.05) is 12.2 Å². The molecule has 1 aliphatic carbocycles. The van der Waals surface area contributed by atoms with E-state index in [1.165, 1.54) is 18.2 Å². The highest BCUT2D eigenvalue weighted by Crippen LogP contribution is 2.20. The molecule has 1 unspecified atom stereocenters. The van der Waals surface area contributed by atoms with Gasteiger partial charge in [0, 0.05) is 6.04 Å². The zero-order chi connectivity index (χ0) is 14.8. The Bertz CT molecular complexity index is 649. The summed E-state index contributed by atoms with van der Waals surface area (Å²) in [5, 5.41) is 8.96. The molecule has 2 N–H and O–H groups in total. The van der Waals surface area contributed by atoms with Crippen LogP contribution in [0.3, 0.4) is 0 Å². The summed E-state index contributed by atoms with van der Waals surface area (Å²) in [6.45, 7) is 1.65. The summed E-state index contributed by atoms with van der Waals surface area (Å²) in [4.78, 5) is 11.0. The Morgan fingerprint density at radius 3 is 2.70 bits per heavy atom. The van der Waals surface area contributed by atoms with E-state index in [4.69, 9.17) is 5.11 Å². The second-order valence-corrected chi connectivity index (χ2v) is 6.57. The fourth-order valence-electron chi connectivity index (χ4n) is 2.21. The average Bonchev–Trinajstić information content (AvgIpc) is 2.39. The average molecular weight is 295 g/mol. The molecular weight excluding hydrogens is 278 g/mol. The lowest BCUT2D eigenvalue weighted by atomic mass is 10.0. The van der Waals surface area contributed by atoms with Crippen molar-refractivity contribution in [3.8, 4) is 0 Å². The van der Waals surface area contributed by atoms with E-state index in [2.05, 4.69) is 4.72 Å². The first-order valence-corrected chi connectivity index (χ1v) is 7.90. The minimum absolute atomic E-state index is 0.0282. The number of aryl methyl sites for hydroxylation is 1. The Morgan fingerprint density at radius 1 is 1.35 bits per heavy atom. The molecule has 0 radical (unpaired) electrons. The number of carbonyl (C=O) groups is 1. The van der Waals surface area contributed by atoms with E-state index in [9.17, 15) is 13.2 Å². The first kappa shape index (κ1) is 14.7. The first-order valence-electron chi connectivity index (χ1n) is 6.41. The van der Waals surface area contributed by atoms with Gasteiger partial charge in [-0.15, -0.1) is 0 Å². The molecule has 6 heteroatoms. The Balaban J connectivity index is 2.30. The van der Waals surface area contributed by atoms with E-state index in [1.54, 1.807) is 6.92 Å². The fraction of sp³-hybridized carbons (Fsp3) is 0.357. The number of hydrogen-bond donors (Lipinski definition) is 2. The van der Waals surface area contributed by atoms with Gasteiger partial charge in [-0.2, -0.15) is 0 Å². The lowest BCUT2D eigenvalue weighted by Crippen LogP contribution is -2.35. The van der Waals surface area contributed by atoms with Crippen LogP contribution in [-0.2, 0) is 10.0 Å². The zero-order valence-electron chi connectivity index (χ0n) is 11.2. The molecule has 1 aliphatic rings. The van der Waals surface area contributed by atoms with Gasteiger partial charge < -0.3 is 5.11 Å². The third-order valence-corrected chi connectivity index (χ3v) is 4.98. The van der Waals surface area contributed by atoms with Gasteiger partial charge in [0.25, 0.3) is 0 Å². The van der Waals surface area contributed by atoms with Crippen LogP contribution in [0, 0.1) is 6.92 Å². The number of rotatable bonds is 4. The molecule has 0 spiro atoms. The third-order valence-electron chi connectivity index (χ3n) is 3.32. The number of carboxylic acids is 1. The topological polar surface area (TPSA) is 83.5 Å². The van der Waals surface area contributed by atoms with Crippen molar-refractivity contribution in [2.45, 2.75) is 37.1 Å². The van der Waals surface area contributed by atoms with E-state index in [0.29, 0.717) is 12.0 Å². The number of allylic oxidation sites excluding steroid dienone is 1. The van der Waals surface area contributed by atoms with E-state index >= 15 is 0 Å². The van der Waals surface area contributed by atoms with Gasteiger partial charge in [0.15, 0.2) is 0 Å². The van der Waals surface area contributed by atoms with Gasteiger partial charge in [0.1, 0.15) is 0 Å². The number of carboxylic acid groups (broad SMARTS) is 1. The van der Waals surface area contributed by atoms with Gasteiger partial charge in [-0.3, -0.25) is 0 Å². The van der Waals surface area contributed by atoms with Crippen LogP contribution in [0.2, 0.25) is 0 Å². The Morgan fingerprint density at radius 2 is 2.10 bits per heavy atom. The summed E-state index contributed by atoms with van der Waals surface area (Å²) in [5.41, 5.74) is 0.508. The van der Waals surface area contributed by atoms with Crippen molar-refractivity contribution in [2.24, 2.45) is 0 Å². The molecule has 0 aliphatic heterocycles. The Labute approximate surface area is 118 Å². The van der Waals surface area contributed by atoms with Crippen LogP contribution in [-0.4, -0.2) is 25.5 Å². The maximum absolute atomic E-state index is 12.4. The predicted molar refractivity (Wildman–Crippen MR) is 75.2 cm³/mol. The molecule has 2 rings (SSSR count). The van der Waals surface area contributed by atoms with Gasteiger partial charge in [-0.25, -0.2) is 17.9 Å². The second kappa shape index (κ2) is 5.76. The van der Waals surface area contributed by atoms with E-state index in [0.717, 1.165) is 12.8 Å². The van der Waals surface area contributed by atoms with Crippen LogP contribution < -0.4 is 4.72 Å². The van der Waals surface area contributed by atoms with Crippen LogP contribution in [0.4, 0.5) is 0 Å². The quantitative estimate of drug-likeness (QED) is 0.833. The first-order chi connectivity index (χ1) is 9.40. The Hall–Kier alpha value is -1.66. The van der Waals surface area contributed by atoms with Crippen LogP contribution in [0.15, 0.2) is 35.2 Å². The van der Waals surface area contributed by atoms with Crippen LogP contribution >= 0.6 is 0 Å². The minimum atomic E-state index is -3.69. The molecule has 108 valence electrons. The van der Waals surface area contributed by atoms with Crippen molar-refractivity contribution in [1.29, 1.82) is 0 Å². The maximum atomic E-state index is 12.4. The molecule has 0 bridgehead atoms. The lowest BCUT2D eigenvalue weighted by molar-refractivity contribution is 0.0696. The molecule has 0 fully saturated rings. The summed E-state index contributed by atoms with van der Waals surface area (Å²) < 4.78 is 27.4. The molecule has 0 saturated carbocycles. The lowest BCUT2D eigenvalue weighted by Gasteiger charge is -2.20. The van der Waals surface area contributed by atoms with Gasteiger partial charge in [-0.05, 0) is 43.9 Å². The summed E-state index contributed by atoms with van der Waals surface area (Å²) >= 11 is 0. The highest BCUT2D eigenvalue weighted by atomic mass is 32.2. The molecule has 20 heavy (non-hydrogen) atoms. The predicted octanol–water partition coefficient (Wildman–Crippen LogP) is 2.08. The van der Waals surface area contributed by atoms with Gasteiger partial charge in [0.05, 0.1) is 10.5 Å². The van der Waals surface area contributed by atoms with Crippen molar-refractivity contribution < 1.29 is 18.3 Å². The smallest absolute Gasteiger partial charge is 0.335 e. The van der Waals surface area contributed by atoms with Crippen LogP contribution in [0.25, 0.3) is 0 Å². The molecule has 0 aromatic heterocycles. The van der Waals surface area contributed by atoms with Crippen molar-refractivity contribution in [3.63, 3.8) is 0 Å². The second-order valence-electron chi connectivity index (χ2n) is 4.89. The number of benzene rings is 1. The summed E-state index contributed by atoms with van der Waals surface area (Å²) in [5.74, 6) is -1.14. The summed E-state index contributed by atoms with van der Waals surface area (Å²) in [7, 11) is -3.69. The van der Waals surface area contributed by atoms with Gasteiger partial charge in [-0.1, -0.05) is 18.2 Å². The Kier molecular flexibility index (Phi) is 4.25. The number of hydrogen-bond acceptors (Lipinski definition) is 3.